The maximum Gasteiger partial charge on any atom is 0.228 e. The predicted molar refractivity (Wildman–Crippen MR) is 125 cm³/mol. The van der Waals surface area contributed by atoms with Crippen LogP contribution in [-0.4, -0.2) is 79.6 Å². The average Bonchev–Trinajstić information content (AvgIpc) is 3.49. The third-order valence-corrected chi connectivity index (χ3v) is 11.2. The summed E-state index contributed by atoms with van der Waals surface area (Å²) in [6, 6.07) is 0.315. The van der Waals surface area contributed by atoms with Crippen LogP contribution >= 0.6 is 0 Å². The number of hydrogen-bond acceptors (Lipinski definition) is 5. The minimum atomic E-state index is -3.12. The maximum atomic E-state index is 13.1. The summed E-state index contributed by atoms with van der Waals surface area (Å²) in [7, 11) is -3.12. The smallest absolute Gasteiger partial charge is 0.228 e. The molecule has 3 unspecified atom stereocenters. The first-order valence-corrected chi connectivity index (χ1v) is 14.9. The van der Waals surface area contributed by atoms with Crippen LogP contribution in [0.15, 0.2) is 0 Å². The molecule has 0 spiro atoms. The van der Waals surface area contributed by atoms with Crippen molar-refractivity contribution in [3.05, 3.63) is 0 Å². The van der Waals surface area contributed by atoms with E-state index in [2.05, 4.69) is 15.3 Å². The Labute approximate surface area is 194 Å². The Balaban J connectivity index is 1.14. The molecule has 7 nitrogen and oxygen atoms in total. The minimum absolute atomic E-state index is 0.0897. The molecule has 1 amide bonds. The second-order valence-corrected chi connectivity index (χ2v) is 13.1. The topological polar surface area (TPSA) is 73.0 Å². The highest BCUT2D eigenvalue weighted by Gasteiger charge is 2.45. The molecule has 1 saturated carbocycles. The number of likely N-dealkylation sites (tertiary alicyclic amines) is 1. The number of hydrogen-bond donors (Lipinski definition) is 1. The van der Waals surface area contributed by atoms with Gasteiger partial charge in [0.05, 0.1) is 11.7 Å². The first-order valence-electron chi connectivity index (χ1n) is 13.3. The highest BCUT2D eigenvalue weighted by atomic mass is 32.2. The zero-order valence-corrected chi connectivity index (χ0v) is 20.4. The molecule has 3 atom stereocenters. The van der Waals surface area contributed by atoms with Gasteiger partial charge in [0.1, 0.15) is 0 Å². The lowest BCUT2D eigenvalue weighted by Crippen LogP contribution is -2.49. The fourth-order valence-corrected chi connectivity index (χ4v) is 9.10. The van der Waals surface area contributed by atoms with Gasteiger partial charge in [-0.05, 0) is 69.1 Å². The number of carbonyl (C=O) groups is 1. The molecule has 182 valence electrons. The molecule has 0 radical (unpaired) electrons. The van der Waals surface area contributed by atoms with E-state index in [4.69, 9.17) is 0 Å². The highest BCUT2D eigenvalue weighted by molar-refractivity contribution is 7.89. The lowest BCUT2D eigenvalue weighted by Gasteiger charge is -2.42. The van der Waals surface area contributed by atoms with Gasteiger partial charge in [-0.3, -0.25) is 10.2 Å². The van der Waals surface area contributed by atoms with E-state index in [9.17, 15) is 13.2 Å². The molecule has 4 saturated heterocycles. The van der Waals surface area contributed by atoms with Crippen LogP contribution in [0.25, 0.3) is 0 Å². The van der Waals surface area contributed by atoms with Crippen LogP contribution in [0.4, 0.5) is 0 Å². The summed E-state index contributed by atoms with van der Waals surface area (Å²) in [5.41, 5.74) is 3.50. The summed E-state index contributed by atoms with van der Waals surface area (Å²) in [6.45, 7) is 5.04. The van der Waals surface area contributed by atoms with Gasteiger partial charge in [-0.25, -0.2) is 17.7 Å². The summed E-state index contributed by atoms with van der Waals surface area (Å²) in [4.78, 5) is 15.2. The van der Waals surface area contributed by atoms with E-state index in [0.29, 0.717) is 48.5 Å². The zero-order chi connectivity index (χ0) is 22.1. The first-order chi connectivity index (χ1) is 15.5. The second kappa shape index (κ2) is 9.88. The van der Waals surface area contributed by atoms with Crippen molar-refractivity contribution in [3.63, 3.8) is 0 Å². The summed E-state index contributed by atoms with van der Waals surface area (Å²) >= 11 is 0. The van der Waals surface area contributed by atoms with Crippen LogP contribution < -0.4 is 5.43 Å². The van der Waals surface area contributed by atoms with E-state index in [0.717, 1.165) is 77.5 Å². The van der Waals surface area contributed by atoms with E-state index >= 15 is 0 Å². The van der Waals surface area contributed by atoms with Crippen molar-refractivity contribution in [1.29, 1.82) is 0 Å². The molecule has 0 aromatic rings. The molecular weight excluding hydrogens is 424 g/mol. The summed E-state index contributed by atoms with van der Waals surface area (Å²) in [5.74, 6) is 2.40. The van der Waals surface area contributed by atoms with Crippen LogP contribution in [0.2, 0.25) is 0 Å². The zero-order valence-electron chi connectivity index (χ0n) is 19.6. The van der Waals surface area contributed by atoms with E-state index in [1.165, 1.54) is 19.3 Å². The van der Waals surface area contributed by atoms with Crippen molar-refractivity contribution >= 4 is 15.9 Å². The van der Waals surface area contributed by atoms with Crippen molar-refractivity contribution in [2.45, 2.75) is 76.7 Å². The van der Waals surface area contributed by atoms with Crippen LogP contribution in [0.5, 0.6) is 0 Å². The van der Waals surface area contributed by atoms with Gasteiger partial charge in [0.15, 0.2) is 0 Å². The van der Waals surface area contributed by atoms with Crippen molar-refractivity contribution in [2.24, 2.45) is 23.7 Å². The van der Waals surface area contributed by atoms with Gasteiger partial charge in [0, 0.05) is 45.3 Å². The molecule has 4 heterocycles. The molecule has 5 fully saturated rings. The van der Waals surface area contributed by atoms with Crippen molar-refractivity contribution in [1.82, 2.24) is 19.6 Å². The predicted octanol–water partition coefficient (Wildman–Crippen LogP) is 2.45. The number of hydrazine groups is 1. The Morgan fingerprint density at radius 3 is 2.22 bits per heavy atom. The van der Waals surface area contributed by atoms with Gasteiger partial charge in [0.25, 0.3) is 0 Å². The number of rotatable bonds is 5. The third kappa shape index (κ3) is 4.89. The maximum absolute atomic E-state index is 13.1. The van der Waals surface area contributed by atoms with E-state index in [1.54, 1.807) is 4.31 Å². The molecule has 0 aromatic carbocycles. The Morgan fingerprint density at radius 1 is 0.812 bits per heavy atom. The van der Waals surface area contributed by atoms with Crippen LogP contribution in [-0.2, 0) is 14.8 Å². The normalized spacial score (nSPS) is 34.1. The number of carbonyl (C=O) groups excluding carboxylic acids is 1. The fraction of sp³-hybridized carbons (Fsp3) is 0.958. The number of nitrogens with zero attached hydrogens (tertiary/aromatic N) is 3. The van der Waals surface area contributed by atoms with Crippen molar-refractivity contribution < 1.29 is 13.2 Å². The molecule has 1 aliphatic carbocycles. The fourth-order valence-electron chi connectivity index (χ4n) is 7.19. The molecule has 5 aliphatic rings. The van der Waals surface area contributed by atoms with Gasteiger partial charge in [0.2, 0.25) is 15.9 Å². The van der Waals surface area contributed by atoms with Crippen LogP contribution in [0.3, 0.4) is 0 Å². The Hall–Kier alpha value is -0.700. The summed E-state index contributed by atoms with van der Waals surface area (Å²) in [5, 5.41) is 2.33. The molecule has 8 heteroatoms. The molecule has 0 aromatic heterocycles. The number of sulfonamides is 1. The lowest BCUT2D eigenvalue weighted by atomic mass is 9.75. The van der Waals surface area contributed by atoms with E-state index in [-0.39, 0.29) is 5.92 Å². The number of piperidine rings is 2. The molecular formula is C24H42N4O3S. The van der Waals surface area contributed by atoms with Gasteiger partial charge in [-0.2, -0.15) is 0 Å². The van der Waals surface area contributed by atoms with Gasteiger partial charge < -0.3 is 4.90 Å². The van der Waals surface area contributed by atoms with Gasteiger partial charge >= 0.3 is 0 Å². The Kier molecular flexibility index (Phi) is 7.12. The highest BCUT2D eigenvalue weighted by Crippen LogP contribution is 2.39. The Bertz CT molecular complexity index is 755. The SMILES string of the molecule is O=C(C1CNN2CCC(C3CCN(S(=O)(=O)CC4CCCCC4)CC3)CC12)N1CCCC1. The third-order valence-electron chi connectivity index (χ3n) is 9.13. The van der Waals surface area contributed by atoms with Crippen LogP contribution in [0, 0.1) is 23.7 Å². The minimum Gasteiger partial charge on any atom is -0.342 e. The largest absolute Gasteiger partial charge is 0.342 e. The quantitative estimate of drug-likeness (QED) is 0.674. The molecule has 1 N–H and O–H groups in total. The number of fused-ring (bicyclic) bond motifs is 1. The van der Waals surface area contributed by atoms with Crippen molar-refractivity contribution in [3.8, 4) is 0 Å². The number of nitrogens with one attached hydrogen (secondary N) is 1. The van der Waals surface area contributed by atoms with Crippen LogP contribution in [0.1, 0.15) is 70.6 Å². The summed E-state index contributed by atoms with van der Waals surface area (Å²) in [6.07, 6.45) is 12.3. The standard InChI is InChI=1S/C24H42N4O3S/c29-24(26-11-4-5-12-26)22-17-25-28-15-10-21(16-23(22)28)20-8-13-27(14-9-20)32(30,31)18-19-6-2-1-3-7-19/h19-23,25H,1-18H2. The molecule has 32 heavy (non-hydrogen) atoms. The molecule has 4 aliphatic heterocycles. The monoisotopic (exact) mass is 466 g/mol. The van der Waals surface area contributed by atoms with E-state index < -0.39 is 10.0 Å². The molecule has 5 rings (SSSR count). The summed E-state index contributed by atoms with van der Waals surface area (Å²) < 4.78 is 27.8. The second-order valence-electron chi connectivity index (χ2n) is 11.1. The van der Waals surface area contributed by atoms with E-state index in [1.807, 2.05) is 0 Å². The number of amides is 1. The lowest BCUT2D eigenvalue weighted by molar-refractivity contribution is -0.135. The first kappa shape index (κ1) is 23.1. The average molecular weight is 467 g/mol. The van der Waals surface area contributed by atoms with Crippen molar-refractivity contribution in [2.75, 3.05) is 45.0 Å². The van der Waals surface area contributed by atoms with Gasteiger partial charge in [-0.15, -0.1) is 0 Å². The molecule has 0 bridgehead atoms. The van der Waals surface area contributed by atoms with Gasteiger partial charge in [-0.1, -0.05) is 19.3 Å². The Morgan fingerprint density at radius 2 is 1.50 bits per heavy atom.